The van der Waals surface area contributed by atoms with Gasteiger partial charge in [0, 0.05) is 0 Å². The van der Waals surface area contributed by atoms with Crippen molar-refractivity contribution < 1.29 is 19.7 Å². The maximum atomic E-state index is 10.1. The molecule has 0 amide bonds. The highest BCUT2D eigenvalue weighted by Gasteiger charge is 2.08. The van der Waals surface area contributed by atoms with Crippen LogP contribution in [0.4, 0.5) is 0 Å². The van der Waals surface area contributed by atoms with Crippen LogP contribution in [0.5, 0.6) is 0 Å². The summed E-state index contributed by atoms with van der Waals surface area (Å²) in [5, 5.41) is 18.6. The summed E-state index contributed by atoms with van der Waals surface area (Å²) in [5.41, 5.74) is 3.10. The maximum absolute atomic E-state index is 10.1. The largest absolute Gasteiger partial charge is 0.394 e. The molecule has 1 unspecified atom stereocenters. The lowest BCUT2D eigenvalue weighted by molar-refractivity contribution is -0.00263. The Kier molecular flexibility index (Phi) is 7.06. The minimum absolute atomic E-state index is 0.0103. The van der Waals surface area contributed by atoms with Crippen molar-refractivity contribution in [2.75, 3.05) is 33.0 Å². The molecule has 4 nitrogen and oxygen atoms in total. The van der Waals surface area contributed by atoms with Gasteiger partial charge in [-0.1, -0.05) is 54.6 Å². The first-order chi connectivity index (χ1) is 10.8. The molecular weight excluding hydrogens is 280 g/mol. The van der Waals surface area contributed by atoms with Gasteiger partial charge >= 0.3 is 0 Å². The third kappa shape index (κ3) is 5.24. The molecule has 2 aromatic rings. The minimum Gasteiger partial charge on any atom is -0.394 e. The Balaban J connectivity index is 1.80. The summed E-state index contributed by atoms with van der Waals surface area (Å²) in [7, 11) is 0. The molecule has 0 aliphatic carbocycles. The molecule has 2 N–H and O–H groups in total. The molecule has 22 heavy (non-hydrogen) atoms. The van der Waals surface area contributed by atoms with E-state index in [9.17, 15) is 5.11 Å². The van der Waals surface area contributed by atoms with Crippen LogP contribution in [-0.4, -0.2) is 43.2 Å². The molecule has 0 spiro atoms. The summed E-state index contributed by atoms with van der Waals surface area (Å²) in [5.74, 6) is 0. The van der Waals surface area contributed by atoms with Crippen molar-refractivity contribution in [1.29, 1.82) is 0 Å². The molecule has 0 aliphatic rings. The Morgan fingerprint density at radius 3 is 2.09 bits per heavy atom. The molecule has 0 radical (unpaired) electrons. The molecule has 0 aliphatic heterocycles. The third-order valence-electron chi connectivity index (χ3n) is 3.29. The lowest BCUT2D eigenvalue weighted by Crippen LogP contribution is -2.12. The molecular formula is C18H22O4. The Morgan fingerprint density at radius 2 is 1.41 bits per heavy atom. The molecule has 0 heterocycles. The smallest absolute Gasteiger partial charge is 0.102 e. The molecule has 0 fully saturated rings. The first-order valence-electron chi connectivity index (χ1n) is 7.41. The molecule has 2 aromatic carbocycles. The average Bonchev–Trinajstić information content (AvgIpc) is 2.59. The quantitative estimate of drug-likeness (QED) is 0.698. The summed E-state index contributed by atoms with van der Waals surface area (Å²) < 4.78 is 10.4. The fourth-order valence-electron chi connectivity index (χ4n) is 2.10. The van der Waals surface area contributed by atoms with Crippen molar-refractivity contribution in [3.63, 3.8) is 0 Å². The summed E-state index contributed by atoms with van der Waals surface area (Å²) in [6, 6.07) is 17.9. The van der Waals surface area contributed by atoms with Gasteiger partial charge in [-0.05, 0) is 16.7 Å². The molecule has 0 saturated carbocycles. The maximum Gasteiger partial charge on any atom is 0.102 e. The molecule has 0 saturated heterocycles. The topological polar surface area (TPSA) is 58.9 Å². The predicted octanol–water partition coefficient (Wildman–Crippen LogP) is 2.41. The van der Waals surface area contributed by atoms with E-state index in [0.29, 0.717) is 19.8 Å². The predicted molar refractivity (Wildman–Crippen MR) is 85.6 cm³/mol. The van der Waals surface area contributed by atoms with E-state index in [1.807, 2.05) is 42.5 Å². The Hall–Kier alpha value is -1.72. The van der Waals surface area contributed by atoms with Gasteiger partial charge in [-0.15, -0.1) is 0 Å². The fraction of sp³-hybridized carbons (Fsp3) is 0.333. The second kappa shape index (κ2) is 9.33. The highest BCUT2D eigenvalue weighted by molar-refractivity contribution is 5.63. The second-order valence-corrected chi connectivity index (χ2v) is 4.91. The van der Waals surface area contributed by atoms with Crippen molar-refractivity contribution in [2.24, 2.45) is 0 Å². The number of benzene rings is 2. The van der Waals surface area contributed by atoms with Gasteiger partial charge in [-0.25, -0.2) is 0 Å². The van der Waals surface area contributed by atoms with Crippen LogP contribution >= 0.6 is 0 Å². The van der Waals surface area contributed by atoms with Crippen LogP contribution < -0.4 is 0 Å². The van der Waals surface area contributed by atoms with Gasteiger partial charge in [0.05, 0.1) is 33.0 Å². The summed E-state index contributed by atoms with van der Waals surface area (Å²) in [6.45, 7) is 1.37. The lowest BCUT2D eigenvalue weighted by atomic mass is 10.0. The van der Waals surface area contributed by atoms with Gasteiger partial charge < -0.3 is 19.7 Å². The SMILES string of the molecule is OCCOCCOCC(O)c1ccc(-c2ccccc2)cc1. The van der Waals surface area contributed by atoms with E-state index in [4.69, 9.17) is 14.6 Å². The molecule has 2 rings (SSSR count). The number of aliphatic hydroxyl groups is 2. The van der Waals surface area contributed by atoms with Gasteiger partial charge in [0.25, 0.3) is 0 Å². The molecule has 1 atom stereocenters. The highest BCUT2D eigenvalue weighted by atomic mass is 16.5. The van der Waals surface area contributed by atoms with E-state index in [0.717, 1.165) is 16.7 Å². The van der Waals surface area contributed by atoms with Gasteiger partial charge in [0.2, 0.25) is 0 Å². The van der Waals surface area contributed by atoms with E-state index >= 15 is 0 Å². The standard InChI is InChI=1S/C18H22O4/c19-10-11-21-12-13-22-14-18(20)17-8-6-16(7-9-17)15-4-2-1-3-5-15/h1-9,18-20H,10-14H2. The minimum atomic E-state index is -0.650. The van der Waals surface area contributed by atoms with Crippen LogP contribution in [0.25, 0.3) is 11.1 Å². The second-order valence-electron chi connectivity index (χ2n) is 4.91. The first-order valence-corrected chi connectivity index (χ1v) is 7.41. The van der Waals surface area contributed by atoms with Crippen LogP contribution in [-0.2, 0) is 9.47 Å². The normalized spacial score (nSPS) is 12.3. The third-order valence-corrected chi connectivity index (χ3v) is 3.29. The van der Waals surface area contributed by atoms with Gasteiger partial charge in [-0.3, -0.25) is 0 Å². The van der Waals surface area contributed by atoms with E-state index in [1.165, 1.54) is 0 Å². The Bertz CT molecular complexity index is 525. The van der Waals surface area contributed by atoms with E-state index in [-0.39, 0.29) is 13.2 Å². The van der Waals surface area contributed by atoms with Crippen molar-refractivity contribution in [3.05, 3.63) is 60.2 Å². The molecule has 4 heteroatoms. The van der Waals surface area contributed by atoms with Crippen LogP contribution in [0.2, 0.25) is 0 Å². The summed E-state index contributed by atoms with van der Waals surface area (Å²) in [4.78, 5) is 0. The van der Waals surface area contributed by atoms with E-state index in [2.05, 4.69) is 12.1 Å². The summed E-state index contributed by atoms with van der Waals surface area (Å²) in [6.07, 6.45) is -0.650. The number of hydrogen-bond donors (Lipinski definition) is 2. The lowest BCUT2D eigenvalue weighted by Gasteiger charge is -2.12. The fourth-order valence-corrected chi connectivity index (χ4v) is 2.10. The molecule has 0 aromatic heterocycles. The number of ether oxygens (including phenoxy) is 2. The molecule has 0 bridgehead atoms. The number of rotatable bonds is 9. The zero-order chi connectivity index (χ0) is 15.6. The number of aliphatic hydroxyl groups excluding tert-OH is 2. The molecule has 118 valence electrons. The van der Waals surface area contributed by atoms with Crippen LogP contribution in [0, 0.1) is 0 Å². The monoisotopic (exact) mass is 302 g/mol. The van der Waals surface area contributed by atoms with E-state index < -0.39 is 6.10 Å². The van der Waals surface area contributed by atoms with Crippen molar-refractivity contribution in [3.8, 4) is 11.1 Å². The van der Waals surface area contributed by atoms with Crippen molar-refractivity contribution >= 4 is 0 Å². The van der Waals surface area contributed by atoms with Gasteiger partial charge in [0.15, 0.2) is 0 Å². The van der Waals surface area contributed by atoms with Crippen LogP contribution in [0.1, 0.15) is 11.7 Å². The van der Waals surface area contributed by atoms with E-state index in [1.54, 1.807) is 0 Å². The zero-order valence-corrected chi connectivity index (χ0v) is 12.5. The summed E-state index contributed by atoms with van der Waals surface area (Å²) >= 11 is 0. The van der Waals surface area contributed by atoms with Gasteiger partial charge in [0.1, 0.15) is 6.10 Å². The van der Waals surface area contributed by atoms with Crippen LogP contribution in [0.15, 0.2) is 54.6 Å². The average molecular weight is 302 g/mol. The first kappa shape index (κ1) is 16.6. The highest BCUT2D eigenvalue weighted by Crippen LogP contribution is 2.21. The van der Waals surface area contributed by atoms with Gasteiger partial charge in [-0.2, -0.15) is 0 Å². The Labute approximate surface area is 130 Å². The van der Waals surface area contributed by atoms with Crippen molar-refractivity contribution in [2.45, 2.75) is 6.10 Å². The number of hydrogen-bond acceptors (Lipinski definition) is 4. The Morgan fingerprint density at radius 1 is 0.773 bits per heavy atom. The zero-order valence-electron chi connectivity index (χ0n) is 12.5. The van der Waals surface area contributed by atoms with Crippen molar-refractivity contribution in [1.82, 2.24) is 0 Å². The van der Waals surface area contributed by atoms with Crippen LogP contribution in [0.3, 0.4) is 0 Å².